The van der Waals surface area contributed by atoms with E-state index in [0.29, 0.717) is 21.1 Å². The van der Waals surface area contributed by atoms with Gasteiger partial charge in [0.1, 0.15) is 0 Å². The predicted octanol–water partition coefficient (Wildman–Crippen LogP) is 5.67. The first-order valence-corrected chi connectivity index (χ1v) is 11.7. The highest BCUT2D eigenvalue weighted by molar-refractivity contribution is 9.10. The van der Waals surface area contributed by atoms with Gasteiger partial charge < -0.3 is 15.1 Å². The van der Waals surface area contributed by atoms with E-state index in [2.05, 4.69) is 21.2 Å². The van der Waals surface area contributed by atoms with Gasteiger partial charge in [-0.2, -0.15) is 0 Å². The highest BCUT2D eigenvalue weighted by Gasteiger charge is 2.39. The Hall–Kier alpha value is -2.02. The molecule has 4 aromatic rings. The SMILES string of the molecule is O=C(Nc1ccc2ccccc2c1)C(c1csc2cccc(Br)c12)P(=O)(O)O. The fourth-order valence-corrected chi connectivity index (χ4v) is 6.00. The van der Waals surface area contributed by atoms with Crippen LogP contribution in [0.4, 0.5) is 5.69 Å². The van der Waals surface area contributed by atoms with E-state index < -0.39 is 19.2 Å². The first-order valence-electron chi connectivity index (χ1n) is 8.35. The van der Waals surface area contributed by atoms with Crippen LogP contribution in [0.3, 0.4) is 0 Å². The number of nitrogens with one attached hydrogen (secondary N) is 1. The zero-order chi connectivity index (χ0) is 19.9. The smallest absolute Gasteiger partial charge is 0.325 e. The quantitative estimate of drug-likeness (QED) is 0.331. The molecule has 3 N–H and O–H groups in total. The number of hydrogen-bond acceptors (Lipinski definition) is 3. The summed E-state index contributed by atoms with van der Waals surface area (Å²) in [6, 6.07) is 18.5. The van der Waals surface area contributed by atoms with E-state index in [0.717, 1.165) is 15.5 Å². The average Bonchev–Trinajstić information content (AvgIpc) is 3.05. The Labute approximate surface area is 173 Å². The Morgan fingerprint density at radius 2 is 1.79 bits per heavy atom. The molecule has 1 atom stereocenters. The van der Waals surface area contributed by atoms with Crippen molar-refractivity contribution in [2.24, 2.45) is 0 Å². The minimum absolute atomic E-state index is 0.319. The lowest BCUT2D eigenvalue weighted by Gasteiger charge is -2.18. The fourth-order valence-electron chi connectivity index (χ4n) is 3.22. The number of halogens is 1. The van der Waals surface area contributed by atoms with E-state index in [1.807, 2.05) is 42.5 Å². The van der Waals surface area contributed by atoms with Gasteiger partial charge in [-0.25, -0.2) is 0 Å². The molecular formula is C20H15BrNO4PS. The van der Waals surface area contributed by atoms with Gasteiger partial charge in [0, 0.05) is 20.2 Å². The molecule has 0 fully saturated rings. The van der Waals surface area contributed by atoms with Crippen LogP contribution >= 0.6 is 34.9 Å². The maximum absolute atomic E-state index is 12.9. The molecule has 1 amide bonds. The van der Waals surface area contributed by atoms with Crippen molar-refractivity contribution < 1.29 is 19.1 Å². The number of thiophene rings is 1. The van der Waals surface area contributed by atoms with Gasteiger partial charge in [-0.1, -0.05) is 52.3 Å². The Bertz CT molecular complexity index is 1250. The van der Waals surface area contributed by atoms with Gasteiger partial charge in [-0.3, -0.25) is 9.36 Å². The molecule has 1 aromatic heterocycles. The predicted molar refractivity (Wildman–Crippen MR) is 117 cm³/mol. The Kier molecular flexibility index (Phi) is 5.12. The van der Waals surface area contributed by atoms with E-state index in [-0.39, 0.29) is 0 Å². The van der Waals surface area contributed by atoms with E-state index in [9.17, 15) is 19.1 Å². The molecule has 0 saturated heterocycles. The summed E-state index contributed by atoms with van der Waals surface area (Å²) in [7, 11) is -4.76. The summed E-state index contributed by atoms with van der Waals surface area (Å²) in [5.74, 6) is -0.737. The number of carbonyl (C=O) groups excluding carboxylic acids is 1. The molecule has 0 aliphatic heterocycles. The molecule has 8 heteroatoms. The van der Waals surface area contributed by atoms with Crippen molar-refractivity contribution in [3.8, 4) is 0 Å². The third kappa shape index (κ3) is 3.64. The summed E-state index contributed by atoms with van der Waals surface area (Å²) in [5, 5.41) is 6.90. The zero-order valence-corrected chi connectivity index (χ0v) is 17.7. The standard InChI is InChI=1S/C20H15BrNO4PS/c21-16-6-3-7-17-18(16)15(11-28-17)19(27(24,25)26)20(23)22-14-9-8-12-4-1-2-5-13(12)10-14/h1-11,19H,(H,22,23)(H2,24,25,26). The first-order chi connectivity index (χ1) is 13.3. The molecule has 4 rings (SSSR count). The number of rotatable bonds is 4. The van der Waals surface area contributed by atoms with Crippen molar-refractivity contribution in [3.05, 3.63) is 76.1 Å². The van der Waals surface area contributed by atoms with Crippen LogP contribution in [0, 0.1) is 0 Å². The van der Waals surface area contributed by atoms with Crippen LogP contribution in [0.25, 0.3) is 20.9 Å². The molecule has 0 saturated carbocycles. The number of benzene rings is 3. The molecule has 0 bridgehead atoms. The summed E-state index contributed by atoms with van der Waals surface area (Å²) in [5.41, 5.74) is -0.786. The van der Waals surface area contributed by atoms with Crippen molar-refractivity contribution >= 4 is 67.3 Å². The minimum atomic E-state index is -4.76. The molecule has 0 aliphatic carbocycles. The van der Waals surface area contributed by atoms with Crippen molar-refractivity contribution in [1.82, 2.24) is 0 Å². The second-order valence-electron chi connectivity index (χ2n) is 6.35. The van der Waals surface area contributed by atoms with Gasteiger partial charge in [0.15, 0.2) is 5.66 Å². The number of carbonyl (C=O) groups is 1. The molecule has 5 nitrogen and oxygen atoms in total. The summed E-state index contributed by atoms with van der Waals surface area (Å²) < 4.78 is 13.8. The summed E-state index contributed by atoms with van der Waals surface area (Å²) in [6.45, 7) is 0. The average molecular weight is 476 g/mol. The minimum Gasteiger partial charge on any atom is -0.325 e. The molecule has 3 aromatic carbocycles. The van der Waals surface area contributed by atoms with E-state index in [1.165, 1.54) is 11.3 Å². The summed E-state index contributed by atoms with van der Waals surface area (Å²) in [4.78, 5) is 32.9. The highest BCUT2D eigenvalue weighted by atomic mass is 79.9. The zero-order valence-electron chi connectivity index (χ0n) is 14.4. The number of fused-ring (bicyclic) bond motifs is 2. The van der Waals surface area contributed by atoms with Gasteiger partial charge in [0.25, 0.3) is 0 Å². The largest absolute Gasteiger partial charge is 0.342 e. The van der Waals surface area contributed by atoms with Crippen LogP contribution < -0.4 is 5.32 Å². The molecule has 1 unspecified atom stereocenters. The van der Waals surface area contributed by atoms with E-state index in [1.54, 1.807) is 23.6 Å². The molecule has 0 radical (unpaired) electrons. The molecular weight excluding hydrogens is 461 g/mol. The van der Waals surface area contributed by atoms with Crippen molar-refractivity contribution in [2.45, 2.75) is 5.66 Å². The topological polar surface area (TPSA) is 86.6 Å². The highest BCUT2D eigenvalue weighted by Crippen LogP contribution is 2.55. The molecule has 0 aliphatic rings. The van der Waals surface area contributed by atoms with Crippen LogP contribution in [-0.2, 0) is 9.36 Å². The molecule has 28 heavy (non-hydrogen) atoms. The van der Waals surface area contributed by atoms with Crippen molar-refractivity contribution in [1.29, 1.82) is 0 Å². The van der Waals surface area contributed by atoms with Gasteiger partial charge >= 0.3 is 7.60 Å². The lowest BCUT2D eigenvalue weighted by molar-refractivity contribution is -0.116. The lowest BCUT2D eigenvalue weighted by atomic mass is 10.1. The Morgan fingerprint density at radius 3 is 2.54 bits per heavy atom. The van der Waals surface area contributed by atoms with E-state index in [4.69, 9.17) is 0 Å². The van der Waals surface area contributed by atoms with Crippen molar-refractivity contribution in [3.63, 3.8) is 0 Å². The Balaban J connectivity index is 1.75. The van der Waals surface area contributed by atoms with Gasteiger partial charge in [-0.15, -0.1) is 11.3 Å². The second-order valence-corrected chi connectivity index (χ2v) is 9.81. The van der Waals surface area contributed by atoms with Crippen LogP contribution in [0.15, 0.2) is 70.5 Å². The van der Waals surface area contributed by atoms with Crippen LogP contribution in [0.2, 0.25) is 0 Å². The Morgan fingerprint density at radius 1 is 1.04 bits per heavy atom. The van der Waals surface area contributed by atoms with E-state index >= 15 is 0 Å². The fraction of sp³-hybridized carbons (Fsp3) is 0.0500. The molecule has 0 spiro atoms. The number of anilines is 1. The van der Waals surface area contributed by atoms with Crippen LogP contribution in [-0.4, -0.2) is 15.7 Å². The van der Waals surface area contributed by atoms with Gasteiger partial charge in [0.05, 0.1) is 0 Å². The number of hydrogen-bond donors (Lipinski definition) is 3. The monoisotopic (exact) mass is 475 g/mol. The second kappa shape index (κ2) is 7.43. The summed E-state index contributed by atoms with van der Waals surface area (Å²) >= 11 is 4.77. The lowest BCUT2D eigenvalue weighted by Crippen LogP contribution is -2.21. The van der Waals surface area contributed by atoms with Crippen LogP contribution in [0.5, 0.6) is 0 Å². The molecule has 1 heterocycles. The number of amides is 1. The van der Waals surface area contributed by atoms with Gasteiger partial charge in [-0.05, 0) is 46.0 Å². The third-order valence-corrected chi connectivity index (χ3v) is 7.29. The van der Waals surface area contributed by atoms with Gasteiger partial charge in [0.2, 0.25) is 5.91 Å². The van der Waals surface area contributed by atoms with Crippen LogP contribution in [0.1, 0.15) is 11.2 Å². The maximum Gasteiger partial charge on any atom is 0.342 e. The van der Waals surface area contributed by atoms with Crippen molar-refractivity contribution in [2.75, 3.05) is 5.32 Å². The normalized spacial score (nSPS) is 13.0. The first kappa shape index (κ1) is 19.3. The summed E-state index contributed by atoms with van der Waals surface area (Å²) in [6.07, 6.45) is 0. The maximum atomic E-state index is 12.9. The molecule has 142 valence electrons. The third-order valence-electron chi connectivity index (χ3n) is 4.47.